The van der Waals surface area contributed by atoms with Crippen LogP contribution in [0.3, 0.4) is 0 Å². The fourth-order valence-corrected chi connectivity index (χ4v) is 1.62. The number of carboxylic acid groups (broad SMARTS) is 1. The number of aliphatic carboxylic acids is 1. The van der Waals surface area contributed by atoms with Crippen LogP contribution in [0.15, 0.2) is 0 Å². The molecule has 0 aliphatic rings. The molecule has 1 atom stereocenters. The third-order valence-corrected chi connectivity index (χ3v) is 2.68. The molecule has 0 saturated carbocycles. The second-order valence-corrected chi connectivity index (χ2v) is 4.04. The molecule has 0 bridgehead atoms. The molecule has 0 aliphatic heterocycles. The number of carboxylic acids is 1. The largest absolute Gasteiger partial charge is 0.480 e. The van der Waals surface area contributed by atoms with Gasteiger partial charge in [0.2, 0.25) is 11.8 Å². The Balaban J connectivity index is 4.27. The fraction of sp³-hybridized carbons (Fsp3) is 0.750. The highest BCUT2D eigenvalue weighted by Crippen LogP contribution is 1.99. The monoisotopic (exact) mass is 273 g/mol. The molecular weight excluding hydrogens is 250 g/mol. The second-order valence-electron chi connectivity index (χ2n) is 4.04. The average molecular weight is 273 g/mol. The molecule has 0 radical (unpaired) electrons. The van der Waals surface area contributed by atoms with E-state index in [1.54, 1.807) is 4.90 Å². The summed E-state index contributed by atoms with van der Waals surface area (Å²) in [6, 6.07) is -0.556. The predicted octanol–water partition coefficient (Wildman–Crippen LogP) is -0.576. The van der Waals surface area contributed by atoms with Crippen molar-refractivity contribution >= 4 is 17.8 Å². The summed E-state index contributed by atoms with van der Waals surface area (Å²) >= 11 is 0. The van der Waals surface area contributed by atoms with E-state index in [9.17, 15) is 14.4 Å². The minimum Gasteiger partial charge on any atom is -0.480 e. The number of hydrogen-bond donors (Lipinski definition) is 3. The van der Waals surface area contributed by atoms with E-state index in [0.717, 1.165) is 0 Å². The summed E-state index contributed by atoms with van der Waals surface area (Å²) in [5.41, 5.74) is 0. The zero-order chi connectivity index (χ0) is 14.8. The fourth-order valence-electron chi connectivity index (χ4n) is 1.62. The van der Waals surface area contributed by atoms with E-state index < -0.39 is 12.0 Å². The topological polar surface area (TPSA) is 98.7 Å². The van der Waals surface area contributed by atoms with Gasteiger partial charge in [-0.2, -0.15) is 0 Å². The van der Waals surface area contributed by atoms with Gasteiger partial charge in [-0.3, -0.25) is 19.7 Å². The molecular formula is C12H23N3O4. The minimum absolute atomic E-state index is 0.112. The van der Waals surface area contributed by atoms with E-state index >= 15 is 0 Å². The quantitative estimate of drug-likeness (QED) is 0.522. The Morgan fingerprint density at radius 1 is 1.11 bits per heavy atom. The van der Waals surface area contributed by atoms with E-state index in [4.69, 9.17) is 5.11 Å². The Kier molecular flexibility index (Phi) is 8.52. The molecule has 110 valence electrons. The maximum Gasteiger partial charge on any atom is 0.317 e. The lowest BCUT2D eigenvalue weighted by atomic mass is 10.2. The molecule has 0 spiro atoms. The van der Waals surface area contributed by atoms with Crippen LogP contribution in [0, 0.1) is 0 Å². The standard InChI is InChI=1S/C12H23N3O4/c1-4-9(12(19)15(5-2)6-3)14-10(16)7-13-8-11(17)18/h9,13H,4-8H2,1-3H3,(H,14,16)(H,17,18)/t9-/m0/s1. The van der Waals surface area contributed by atoms with Gasteiger partial charge in [0, 0.05) is 13.1 Å². The number of likely N-dealkylation sites (N-methyl/N-ethyl adjacent to an activating group) is 1. The van der Waals surface area contributed by atoms with Crippen molar-refractivity contribution in [1.29, 1.82) is 0 Å². The van der Waals surface area contributed by atoms with E-state index in [2.05, 4.69) is 10.6 Å². The van der Waals surface area contributed by atoms with Crippen LogP contribution < -0.4 is 10.6 Å². The number of carbonyl (C=O) groups excluding carboxylic acids is 2. The third kappa shape index (κ3) is 6.76. The van der Waals surface area contributed by atoms with Gasteiger partial charge in [-0.1, -0.05) is 6.92 Å². The summed E-state index contributed by atoms with van der Waals surface area (Å²) in [6.45, 7) is 6.37. The van der Waals surface area contributed by atoms with Crippen molar-refractivity contribution in [3.63, 3.8) is 0 Å². The van der Waals surface area contributed by atoms with Crippen LogP contribution in [0.4, 0.5) is 0 Å². The molecule has 0 fully saturated rings. The van der Waals surface area contributed by atoms with Gasteiger partial charge in [0.05, 0.1) is 13.1 Å². The van der Waals surface area contributed by atoms with Crippen LogP contribution in [0.1, 0.15) is 27.2 Å². The van der Waals surface area contributed by atoms with Crippen molar-refractivity contribution < 1.29 is 19.5 Å². The summed E-state index contributed by atoms with van der Waals surface area (Å²) < 4.78 is 0. The molecule has 0 aromatic heterocycles. The third-order valence-electron chi connectivity index (χ3n) is 2.68. The molecule has 0 aromatic carbocycles. The summed E-state index contributed by atoms with van der Waals surface area (Å²) in [7, 11) is 0. The Labute approximate surface area is 113 Å². The SMILES string of the molecule is CC[C@H](NC(=O)CNCC(=O)O)C(=O)N(CC)CC. The first-order chi connectivity index (χ1) is 8.96. The molecule has 2 amide bonds. The van der Waals surface area contributed by atoms with Crippen molar-refractivity contribution in [2.24, 2.45) is 0 Å². The van der Waals surface area contributed by atoms with Crippen LogP contribution in [0.25, 0.3) is 0 Å². The molecule has 19 heavy (non-hydrogen) atoms. The maximum atomic E-state index is 12.1. The smallest absolute Gasteiger partial charge is 0.317 e. The number of amides is 2. The summed E-state index contributed by atoms with van der Waals surface area (Å²) in [6.07, 6.45) is 0.500. The van der Waals surface area contributed by atoms with E-state index in [0.29, 0.717) is 19.5 Å². The van der Waals surface area contributed by atoms with Crippen LogP contribution in [-0.4, -0.2) is 60.0 Å². The summed E-state index contributed by atoms with van der Waals surface area (Å²) in [4.78, 5) is 35.5. The zero-order valence-corrected chi connectivity index (χ0v) is 11.7. The minimum atomic E-state index is -1.03. The van der Waals surface area contributed by atoms with Gasteiger partial charge in [0.25, 0.3) is 0 Å². The number of nitrogens with one attached hydrogen (secondary N) is 2. The molecule has 0 rings (SSSR count). The highest BCUT2D eigenvalue weighted by atomic mass is 16.4. The van der Waals surface area contributed by atoms with E-state index in [-0.39, 0.29) is 24.9 Å². The molecule has 0 unspecified atom stereocenters. The highest BCUT2D eigenvalue weighted by Gasteiger charge is 2.22. The van der Waals surface area contributed by atoms with Gasteiger partial charge < -0.3 is 15.3 Å². The van der Waals surface area contributed by atoms with Crippen molar-refractivity contribution in [3.05, 3.63) is 0 Å². The van der Waals surface area contributed by atoms with Crippen molar-refractivity contribution in [1.82, 2.24) is 15.5 Å². The molecule has 7 nitrogen and oxygen atoms in total. The number of rotatable bonds is 9. The Morgan fingerprint density at radius 2 is 1.68 bits per heavy atom. The van der Waals surface area contributed by atoms with Gasteiger partial charge in [-0.15, -0.1) is 0 Å². The van der Waals surface area contributed by atoms with Crippen LogP contribution in [0.2, 0.25) is 0 Å². The summed E-state index contributed by atoms with van der Waals surface area (Å²) in [5.74, 6) is -1.52. The predicted molar refractivity (Wildman–Crippen MR) is 70.7 cm³/mol. The summed E-state index contributed by atoms with van der Waals surface area (Å²) in [5, 5.41) is 13.5. The first-order valence-electron chi connectivity index (χ1n) is 6.46. The van der Waals surface area contributed by atoms with Gasteiger partial charge in [0.1, 0.15) is 6.04 Å². The Hall–Kier alpha value is -1.63. The molecule has 0 aromatic rings. The number of nitrogens with zero attached hydrogens (tertiary/aromatic N) is 1. The van der Waals surface area contributed by atoms with E-state index in [1.807, 2.05) is 20.8 Å². The molecule has 7 heteroatoms. The van der Waals surface area contributed by atoms with Crippen LogP contribution >= 0.6 is 0 Å². The van der Waals surface area contributed by atoms with Gasteiger partial charge in [-0.25, -0.2) is 0 Å². The number of carbonyl (C=O) groups is 3. The van der Waals surface area contributed by atoms with Crippen LogP contribution in [-0.2, 0) is 14.4 Å². The lowest BCUT2D eigenvalue weighted by Crippen LogP contribution is -2.50. The molecule has 3 N–H and O–H groups in total. The Bertz CT molecular complexity index is 316. The van der Waals surface area contributed by atoms with E-state index in [1.165, 1.54) is 0 Å². The second kappa shape index (κ2) is 9.32. The first-order valence-corrected chi connectivity index (χ1v) is 6.46. The van der Waals surface area contributed by atoms with Crippen molar-refractivity contribution in [2.75, 3.05) is 26.2 Å². The molecule has 0 saturated heterocycles. The molecule has 0 aliphatic carbocycles. The Morgan fingerprint density at radius 3 is 2.11 bits per heavy atom. The number of hydrogen-bond acceptors (Lipinski definition) is 4. The van der Waals surface area contributed by atoms with Crippen molar-refractivity contribution in [2.45, 2.75) is 33.2 Å². The molecule has 0 heterocycles. The van der Waals surface area contributed by atoms with Gasteiger partial charge >= 0.3 is 5.97 Å². The lowest BCUT2D eigenvalue weighted by Gasteiger charge is -2.25. The van der Waals surface area contributed by atoms with Gasteiger partial charge in [-0.05, 0) is 20.3 Å². The first kappa shape index (κ1) is 17.4. The average Bonchev–Trinajstić information content (AvgIpc) is 2.36. The van der Waals surface area contributed by atoms with Crippen molar-refractivity contribution in [3.8, 4) is 0 Å². The van der Waals surface area contributed by atoms with Crippen LogP contribution in [0.5, 0.6) is 0 Å². The zero-order valence-electron chi connectivity index (χ0n) is 11.7. The van der Waals surface area contributed by atoms with Gasteiger partial charge in [0.15, 0.2) is 0 Å². The maximum absolute atomic E-state index is 12.1. The lowest BCUT2D eigenvalue weighted by molar-refractivity contribution is -0.137. The normalized spacial score (nSPS) is 11.7. The highest BCUT2D eigenvalue weighted by molar-refractivity contribution is 5.88.